The Hall–Kier alpha value is -5.24. The number of aliphatic carboxylic acids is 1. The Labute approximate surface area is 715 Å². The largest absolute Gasteiger partial charge is 0.481 e. The van der Waals surface area contributed by atoms with Crippen LogP contribution in [0.15, 0.2) is 60.7 Å². The molecule has 0 unspecified atom stereocenters. The van der Waals surface area contributed by atoms with Gasteiger partial charge in [0.05, 0.1) is 57.6 Å². The number of carboxylic acids is 1. The van der Waals surface area contributed by atoms with Crippen LogP contribution in [-0.2, 0) is 88.6 Å². The number of hydrogen-bond donors (Lipinski definition) is 4. The second-order valence-electron chi connectivity index (χ2n) is 33.8. The number of rotatable bonds is 80. The molecule has 0 radical (unpaired) electrons. The van der Waals surface area contributed by atoms with Crippen molar-refractivity contribution in [3.05, 3.63) is 71.8 Å². The first-order valence-electron chi connectivity index (χ1n) is 48.0. The molecule has 0 aliphatic carbocycles. The average molecular weight is 1680 g/mol. The van der Waals surface area contributed by atoms with Gasteiger partial charge in [0.15, 0.2) is 6.10 Å². The molecule has 0 saturated carbocycles. The molecule has 1 aliphatic heterocycles. The van der Waals surface area contributed by atoms with Gasteiger partial charge < -0.3 is 44.5 Å². The fourth-order valence-corrected chi connectivity index (χ4v) is 17.1. The number of amides is 2. The van der Waals surface area contributed by atoms with Crippen molar-refractivity contribution >= 4 is 49.5 Å². The Morgan fingerprint density at radius 1 is 0.381 bits per heavy atom. The fraction of sp³-hybridized carbons (Fsp3) is 0.804. The maximum Gasteiger partial charge on any atom is 0.475 e. The molecule has 118 heavy (non-hydrogen) atoms. The third kappa shape index (κ3) is 55.7. The van der Waals surface area contributed by atoms with E-state index in [9.17, 15) is 34.2 Å². The highest BCUT2D eigenvalue weighted by molar-refractivity contribution is 7.48. The Balaban J connectivity index is 2.27. The molecule has 2 aromatic rings. The predicted molar refractivity (Wildman–Crippen MR) is 473 cm³/mol. The highest BCUT2D eigenvalue weighted by Gasteiger charge is 2.53. The Bertz CT molecular complexity index is 2820. The van der Waals surface area contributed by atoms with E-state index in [0.717, 1.165) is 212 Å². The molecule has 1 heterocycles. The van der Waals surface area contributed by atoms with Crippen LogP contribution in [0.25, 0.3) is 0 Å². The quantitative estimate of drug-likeness (QED) is 0.0207. The number of benzene rings is 2. The number of carboxylic acid groups (broad SMARTS) is 1. The van der Waals surface area contributed by atoms with E-state index in [1.807, 2.05) is 12.1 Å². The SMILES string of the molecule is CCCCCCCCCCC[C@H](CC(=O)N[C@@H](CC[C@@H]1O[C@H](CO)[C@@H](OP(=O)(OCc2ccccc2)OCc2ccccc2)[C@H](OC(=O)C[C@@H](CCCCCCCCCCC)OC(=O)CCCCCCCCC)[C@H]1NC(=O)C[C@@H](CCCCCCCCCCC)OC(=O)CCCCCCCCC)CC(=O)O)OC(=O)CCCCCCCCC. The van der Waals surface area contributed by atoms with Gasteiger partial charge in [-0.1, -0.05) is 372 Å². The van der Waals surface area contributed by atoms with Crippen molar-refractivity contribution in [2.75, 3.05) is 6.61 Å². The molecule has 1 fully saturated rings. The summed E-state index contributed by atoms with van der Waals surface area (Å²) in [5.41, 5.74) is 1.22. The van der Waals surface area contributed by atoms with E-state index in [1.54, 1.807) is 48.5 Å². The van der Waals surface area contributed by atoms with Crippen LogP contribution in [0.3, 0.4) is 0 Å². The topological polar surface area (TPSA) is 275 Å². The van der Waals surface area contributed by atoms with E-state index >= 15 is 14.2 Å². The normalized spacial score (nSPS) is 16.5. The van der Waals surface area contributed by atoms with E-state index in [-0.39, 0.29) is 64.1 Å². The zero-order chi connectivity index (χ0) is 85.6. The minimum Gasteiger partial charge on any atom is -0.481 e. The Kier molecular flexibility index (Phi) is 65.5. The minimum absolute atomic E-state index is 0.105. The molecule has 20 nitrogen and oxygen atoms in total. The van der Waals surface area contributed by atoms with Gasteiger partial charge in [-0.05, 0) is 81.8 Å². The molecule has 4 N–H and O–H groups in total. The number of nitrogens with one attached hydrogen (secondary N) is 2. The van der Waals surface area contributed by atoms with E-state index in [2.05, 4.69) is 52.2 Å². The zero-order valence-corrected chi connectivity index (χ0v) is 75.8. The van der Waals surface area contributed by atoms with Gasteiger partial charge in [-0.3, -0.25) is 47.1 Å². The molecule has 0 spiro atoms. The van der Waals surface area contributed by atoms with Crippen molar-refractivity contribution < 1.29 is 85.6 Å². The van der Waals surface area contributed by atoms with Gasteiger partial charge in [0, 0.05) is 25.3 Å². The molecule has 9 atom stereocenters. The molecule has 0 aromatic heterocycles. The van der Waals surface area contributed by atoms with Crippen LogP contribution < -0.4 is 10.6 Å². The summed E-state index contributed by atoms with van der Waals surface area (Å²) in [5, 5.41) is 28.5. The third-order valence-corrected chi connectivity index (χ3v) is 24.2. The number of aliphatic hydroxyl groups excluding tert-OH is 1. The molecule has 678 valence electrons. The first-order chi connectivity index (χ1) is 57.5. The Morgan fingerprint density at radius 3 is 1.04 bits per heavy atom. The van der Waals surface area contributed by atoms with Crippen LogP contribution in [0.2, 0.25) is 0 Å². The first-order valence-corrected chi connectivity index (χ1v) is 49.4. The molecule has 2 amide bonds. The molecule has 21 heteroatoms. The van der Waals surface area contributed by atoms with Crippen LogP contribution in [0.5, 0.6) is 0 Å². The lowest BCUT2D eigenvalue weighted by molar-refractivity contribution is -0.211. The van der Waals surface area contributed by atoms with Crippen LogP contribution in [0.4, 0.5) is 0 Å². The summed E-state index contributed by atoms with van der Waals surface area (Å²) in [6.07, 6.45) is 40.6. The molecule has 1 aliphatic rings. The number of esters is 4. The smallest absolute Gasteiger partial charge is 0.475 e. The maximum absolute atomic E-state index is 15.8. The molecule has 2 aromatic carbocycles. The number of unbranched alkanes of at least 4 members (excludes halogenated alkanes) is 42. The highest BCUT2D eigenvalue weighted by atomic mass is 31.2. The monoisotopic (exact) mass is 1680 g/mol. The predicted octanol–water partition coefficient (Wildman–Crippen LogP) is 24.9. The lowest BCUT2D eigenvalue weighted by Gasteiger charge is -2.46. The number of carbonyl (C=O) groups is 7. The number of carbonyl (C=O) groups excluding carboxylic acids is 6. The van der Waals surface area contributed by atoms with Crippen molar-refractivity contribution in [3.8, 4) is 0 Å². The summed E-state index contributed by atoms with van der Waals surface area (Å²) in [7, 11) is -4.90. The van der Waals surface area contributed by atoms with Crippen molar-refractivity contribution in [1.29, 1.82) is 0 Å². The van der Waals surface area contributed by atoms with Crippen molar-refractivity contribution in [2.24, 2.45) is 0 Å². The summed E-state index contributed by atoms with van der Waals surface area (Å²) in [5.74, 6) is -4.49. The van der Waals surface area contributed by atoms with Gasteiger partial charge in [0.25, 0.3) is 0 Å². The first kappa shape index (κ1) is 107. The molecule has 3 rings (SSSR count). The van der Waals surface area contributed by atoms with Gasteiger partial charge >= 0.3 is 37.7 Å². The summed E-state index contributed by atoms with van der Waals surface area (Å²) in [4.78, 5) is 100. The van der Waals surface area contributed by atoms with Gasteiger partial charge in [0.1, 0.15) is 30.5 Å². The van der Waals surface area contributed by atoms with E-state index in [4.69, 9.17) is 37.3 Å². The molecule has 1 saturated heterocycles. The zero-order valence-electron chi connectivity index (χ0n) is 74.9. The van der Waals surface area contributed by atoms with E-state index < -0.39 is 118 Å². The standard InChI is InChI=1S/C97H167N2O18P/c1-7-13-19-25-31-34-40-43-55-65-83(112-91(105)68-58-46-37-28-22-16-10-4)74-88(101)98-82(73-90(103)104)71-72-86-95(99-89(102)75-84(66-56-44-41-35-32-26-20-14-8-2)113-92(106)69-59-47-38-29-23-17-11-5)97(96(87(77-100)115-86)117-118(109,110-78-80-61-51-49-52-62-80)111-79-81-63-53-50-54-64-81)116-94(108)76-85(67-57-45-42-36-33-27-21-15-9-3)114-93(107)70-60-48-39-30-24-18-12-6/h49-54,61-64,82-87,95-97,100H,7-48,55-60,65-79H2,1-6H3,(H,98,101)(H,99,102)(H,103,104)/t82-,83+,84+,85+,86-,87+,95-,96+,97+/m0/s1. The van der Waals surface area contributed by atoms with Gasteiger partial charge in [-0.2, -0.15) is 0 Å². The van der Waals surface area contributed by atoms with Gasteiger partial charge in [0.2, 0.25) is 11.8 Å². The van der Waals surface area contributed by atoms with Crippen LogP contribution in [0.1, 0.15) is 438 Å². The van der Waals surface area contributed by atoms with Crippen molar-refractivity contribution in [2.45, 2.75) is 495 Å². The van der Waals surface area contributed by atoms with E-state index in [0.29, 0.717) is 62.5 Å². The summed E-state index contributed by atoms with van der Waals surface area (Å²) in [6.45, 7) is 11.7. The van der Waals surface area contributed by atoms with E-state index in [1.165, 1.54) is 64.2 Å². The van der Waals surface area contributed by atoms with Crippen molar-refractivity contribution in [3.63, 3.8) is 0 Å². The van der Waals surface area contributed by atoms with Crippen LogP contribution in [0, 0.1) is 0 Å². The number of hydrogen-bond acceptors (Lipinski definition) is 17. The summed E-state index contributed by atoms with van der Waals surface area (Å²) in [6, 6.07) is 15.4. The number of phosphoric ester groups is 1. The van der Waals surface area contributed by atoms with Crippen LogP contribution in [-0.4, -0.2) is 113 Å². The average Bonchev–Trinajstić information content (AvgIpc) is 0.774. The maximum atomic E-state index is 15.8. The van der Waals surface area contributed by atoms with Gasteiger partial charge in [-0.15, -0.1) is 0 Å². The van der Waals surface area contributed by atoms with Gasteiger partial charge in [-0.25, -0.2) is 4.57 Å². The number of aliphatic hydroxyl groups is 1. The summed E-state index contributed by atoms with van der Waals surface area (Å²) >= 11 is 0. The second-order valence-corrected chi connectivity index (χ2v) is 35.5. The molecular weight excluding hydrogens is 1510 g/mol. The highest BCUT2D eigenvalue weighted by Crippen LogP contribution is 2.54. The lowest BCUT2D eigenvalue weighted by atomic mass is 9.88. The number of ether oxygens (including phenoxy) is 5. The Morgan fingerprint density at radius 2 is 0.703 bits per heavy atom. The fourth-order valence-electron chi connectivity index (χ4n) is 15.8. The number of phosphoric acid groups is 1. The molecule has 0 bridgehead atoms. The van der Waals surface area contributed by atoms with Crippen LogP contribution >= 0.6 is 7.82 Å². The third-order valence-electron chi connectivity index (χ3n) is 22.8. The lowest BCUT2D eigenvalue weighted by Crippen LogP contribution is -2.66. The second kappa shape index (κ2) is 72.2. The summed E-state index contributed by atoms with van der Waals surface area (Å²) < 4.78 is 67.3. The molecular formula is C97H167N2O18P. The minimum atomic E-state index is -4.90. The van der Waals surface area contributed by atoms with Crippen molar-refractivity contribution in [1.82, 2.24) is 10.6 Å².